The number of rotatable bonds is 8. The Morgan fingerprint density at radius 3 is 2.65 bits per heavy atom. The molecule has 0 radical (unpaired) electrons. The molecule has 4 nitrogen and oxygen atoms in total. The van der Waals surface area contributed by atoms with Crippen molar-refractivity contribution in [1.82, 2.24) is 4.90 Å². The fourth-order valence-electron chi connectivity index (χ4n) is 2.49. The summed E-state index contributed by atoms with van der Waals surface area (Å²) >= 11 is 1.51. The third kappa shape index (κ3) is 4.72. The molecule has 0 atom stereocenters. The van der Waals surface area contributed by atoms with Crippen molar-refractivity contribution in [2.75, 3.05) is 19.6 Å². The number of carbonyl (C=O) groups excluding carboxylic acids is 1. The third-order valence-corrected chi connectivity index (χ3v) is 4.78. The highest BCUT2D eigenvalue weighted by molar-refractivity contribution is 7.14. The molecule has 0 aliphatic carbocycles. The van der Waals surface area contributed by atoms with E-state index < -0.39 is 5.97 Å². The Balaban J connectivity index is 1.73. The van der Waals surface area contributed by atoms with Crippen LogP contribution in [0.1, 0.15) is 46.7 Å². The molecule has 5 heteroatoms. The van der Waals surface area contributed by atoms with Crippen LogP contribution in [-0.4, -0.2) is 41.4 Å². The van der Waals surface area contributed by atoms with Crippen LogP contribution < -0.4 is 0 Å². The average molecular weight is 295 g/mol. The molecular formula is C15H21NO3S. The van der Waals surface area contributed by atoms with E-state index in [2.05, 4.69) is 4.90 Å². The van der Waals surface area contributed by atoms with Crippen molar-refractivity contribution in [2.24, 2.45) is 0 Å². The number of Topliss-reactive ketones (excluding diaryl/α,β-unsaturated/α-hetero) is 1. The van der Waals surface area contributed by atoms with Gasteiger partial charge in [-0.25, -0.2) is 0 Å². The monoisotopic (exact) mass is 295 g/mol. The summed E-state index contributed by atoms with van der Waals surface area (Å²) in [5.74, 6) is -0.969. The number of carboxylic acid groups (broad SMARTS) is 1. The highest BCUT2D eigenvalue weighted by atomic mass is 32.1. The van der Waals surface area contributed by atoms with Gasteiger partial charge in [0, 0.05) is 11.3 Å². The number of carboxylic acids is 1. The van der Waals surface area contributed by atoms with Gasteiger partial charge in [0.2, 0.25) is 0 Å². The van der Waals surface area contributed by atoms with E-state index >= 15 is 0 Å². The molecule has 2 heterocycles. The average Bonchev–Trinajstić information content (AvgIpc) is 3.07. The molecule has 0 spiro atoms. The number of ketones is 1. The topological polar surface area (TPSA) is 57.6 Å². The minimum absolute atomic E-state index is 0.0526. The van der Waals surface area contributed by atoms with Gasteiger partial charge in [0.15, 0.2) is 5.78 Å². The van der Waals surface area contributed by atoms with E-state index in [4.69, 9.17) is 5.11 Å². The molecule has 0 amide bonds. The zero-order valence-corrected chi connectivity index (χ0v) is 12.5. The zero-order chi connectivity index (χ0) is 14.4. The van der Waals surface area contributed by atoms with Crippen LogP contribution in [0, 0.1) is 0 Å². The molecule has 1 aromatic heterocycles. The van der Waals surface area contributed by atoms with Crippen LogP contribution in [0.4, 0.5) is 0 Å². The van der Waals surface area contributed by atoms with Crippen molar-refractivity contribution in [1.29, 1.82) is 0 Å². The number of thiophene rings is 1. The molecule has 110 valence electrons. The Hall–Kier alpha value is -1.20. The van der Waals surface area contributed by atoms with Crippen molar-refractivity contribution < 1.29 is 14.7 Å². The van der Waals surface area contributed by atoms with E-state index in [0.29, 0.717) is 4.88 Å². The van der Waals surface area contributed by atoms with Crippen LogP contribution >= 0.6 is 11.3 Å². The molecule has 1 fully saturated rings. The summed E-state index contributed by atoms with van der Waals surface area (Å²) in [5, 5.41) is 8.58. The Morgan fingerprint density at radius 2 is 1.95 bits per heavy atom. The van der Waals surface area contributed by atoms with Crippen molar-refractivity contribution in [3.8, 4) is 0 Å². The molecule has 2 rings (SSSR count). The first-order valence-electron chi connectivity index (χ1n) is 7.21. The zero-order valence-electron chi connectivity index (χ0n) is 11.6. The molecule has 0 unspecified atom stereocenters. The van der Waals surface area contributed by atoms with Gasteiger partial charge >= 0.3 is 5.97 Å². The van der Waals surface area contributed by atoms with Crippen LogP contribution in [0.5, 0.6) is 0 Å². The smallest absolute Gasteiger partial charge is 0.303 e. The standard InChI is InChI=1S/C15H21NO3S/c17-13(6-8-15(18)19)14-7-5-12(20-14)4-3-11-16-9-1-2-10-16/h5,7H,1-4,6,8-11H2,(H,18,19). The summed E-state index contributed by atoms with van der Waals surface area (Å²) in [6.45, 7) is 3.59. The first-order valence-corrected chi connectivity index (χ1v) is 8.03. The van der Waals surface area contributed by atoms with Crippen molar-refractivity contribution in [3.63, 3.8) is 0 Å². The van der Waals surface area contributed by atoms with Gasteiger partial charge in [0.25, 0.3) is 0 Å². The molecule has 1 N–H and O–H groups in total. The minimum Gasteiger partial charge on any atom is -0.481 e. The Kier molecular flexibility index (Phi) is 5.73. The first-order chi connectivity index (χ1) is 9.65. The lowest BCUT2D eigenvalue weighted by molar-refractivity contribution is -0.136. The minimum atomic E-state index is -0.916. The van der Waals surface area contributed by atoms with Gasteiger partial charge in [-0.2, -0.15) is 0 Å². The van der Waals surface area contributed by atoms with Gasteiger partial charge in [-0.15, -0.1) is 11.3 Å². The maximum absolute atomic E-state index is 11.8. The van der Waals surface area contributed by atoms with E-state index in [1.807, 2.05) is 12.1 Å². The first kappa shape index (κ1) is 15.2. The van der Waals surface area contributed by atoms with E-state index in [1.54, 1.807) is 0 Å². The fourth-order valence-corrected chi connectivity index (χ4v) is 3.51. The van der Waals surface area contributed by atoms with Gasteiger partial charge in [-0.05, 0) is 57.5 Å². The van der Waals surface area contributed by atoms with E-state index in [0.717, 1.165) is 19.4 Å². The van der Waals surface area contributed by atoms with E-state index in [-0.39, 0.29) is 18.6 Å². The molecule has 0 bridgehead atoms. The molecule has 1 aromatic rings. The number of carbonyl (C=O) groups is 2. The molecule has 1 saturated heterocycles. The molecule has 1 aliphatic heterocycles. The highest BCUT2D eigenvalue weighted by Gasteiger charge is 2.13. The summed E-state index contributed by atoms with van der Waals surface area (Å²) < 4.78 is 0. The second kappa shape index (κ2) is 7.55. The number of hydrogen-bond acceptors (Lipinski definition) is 4. The van der Waals surface area contributed by atoms with Crippen molar-refractivity contribution >= 4 is 23.1 Å². The van der Waals surface area contributed by atoms with Crippen molar-refractivity contribution in [3.05, 3.63) is 21.9 Å². The number of aliphatic carboxylic acids is 1. The highest BCUT2D eigenvalue weighted by Crippen LogP contribution is 2.20. The number of nitrogens with zero attached hydrogens (tertiary/aromatic N) is 1. The van der Waals surface area contributed by atoms with Gasteiger partial charge in [0.05, 0.1) is 11.3 Å². The van der Waals surface area contributed by atoms with Crippen LogP contribution in [0.2, 0.25) is 0 Å². The SMILES string of the molecule is O=C(O)CCC(=O)c1ccc(CCCN2CCCC2)s1. The fraction of sp³-hybridized carbons (Fsp3) is 0.600. The Morgan fingerprint density at radius 1 is 1.20 bits per heavy atom. The summed E-state index contributed by atoms with van der Waals surface area (Å²) in [7, 11) is 0. The van der Waals surface area contributed by atoms with Gasteiger partial charge in [-0.3, -0.25) is 9.59 Å². The van der Waals surface area contributed by atoms with Crippen molar-refractivity contribution in [2.45, 2.75) is 38.5 Å². The molecule has 20 heavy (non-hydrogen) atoms. The quantitative estimate of drug-likeness (QED) is 0.749. The molecule has 0 aromatic carbocycles. The van der Waals surface area contributed by atoms with Crippen LogP contribution in [0.15, 0.2) is 12.1 Å². The lowest BCUT2D eigenvalue weighted by atomic mass is 10.2. The molecule has 1 aliphatic rings. The van der Waals surface area contributed by atoms with Gasteiger partial charge < -0.3 is 10.0 Å². The summed E-state index contributed by atoms with van der Waals surface area (Å²) in [5.41, 5.74) is 0. The lowest BCUT2D eigenvalue weighted by Gasteiger charge is -2.13. The normalized spacial score (nSPS) is 15.6. The van der Waals surface area contributed by atoms with Gasteiger partial charge in [0.1, 0.15) is 0 Å². The second-order valence-corrected chi connectivity index (χ2v) is 6.40. The Bertz CT molecular complexity index is 463. The van der Waals surface area contributed by atoms with Crippen LogP contribution in [-0.2, 0) is 11.2 Å². The van der Waals surface area contributed by atoms with E-state index in [1.165, 1.54) is 42.1 Å². The Labute approximate surface area is 123 Å². The summed E-state index contributed by atoms with van der Waals surface area (Å²) in [6, 6.07) is 3.84. The molecule has 0 saturated carbocycles. The van der Waals surface area contributed by atoms with Crippen LogP contribution in [0.3, 0.4) is 0 Å². The summed E-state index contributed by atoms with van der Waals surface area (Å²) in [4.78, 5) is 26.7. The largest absolute Gasteiger partial charge is 0.481 e. The van der Waals surface area contributed by atoms with Gasteiger partial charge in [-0.1, -0.05) is 0 Å². The molecular weight excluding hydrogens is 274 g/mol. The number of hydrogen-bond donors (Lipinski definition) is 1. The number of likely N-dealkylation sites (tertiary alicyclic amines) is 1. The second-order valence-electron chi connectivity index (χ2n) is 5.24. The maximum atomic E-state index is 11.8. The predicted molar refractivity (Wildman–Crippen MR) is 79.5 cm³/mol. The van der Waals surface area contributed by atoms with Crippen LogP contribution in [0.25, 0.3) is 0 Å². The number of aryl methyl sites for hydroxylation is 1. The van der Waals surface area contributed by atoms with E-state index in [9.17, 15) is 9.59 Å². The lowest BCUT2D eigenvalue weighted by Crippen LogP contribution is -2.20. The predicted octanol–water partition coefficient (Wildman–Crippen LogP) is 2.82. The summed E-state index contributed by atoms with van der Waals surface area (Å²) in [6.07, 6.45) is 4.79. The third-order valence-electron chi connectivity index (χ3n) is 3.60. The maximum Gasteiger partial charge on any atom is 0.303 e.